The number of aromatic nitrogens is 3. The van der Waals surface area contributed by atoms with Crippen LogP contribution in [0.2, 0.25) is 0 Å². The number of hydrogen-bond donors (Lipinski definition) is 1. The summed E-state index contributed by atoms with van der Waals surface area (Å²) >= 11 is 0. The van der Waals surface area contributed by atoms with Crippen molar-refractivity contribution in [1.29, 1.82) is 0 Å². The molecule has 18 heavy (non-hydrogen) atoms. The van der Waals surface area contributed by atoms with Gasteiger partial charge in [0.2, 0.25) is 0 Å². The Labute approximate surface area is 110 Å². The summed E-state index contributed by atoms with van der Waals surface area (Å²) in [5, 5.41) is 7.88. The van der Waals surface area contributed by atoms with Gasteiger partial charge in [-0.3, -0.25) is 4.90 Å². The maximum absolute atomic E-state index is 4.40. The molecule has 2 rings (SSSR count). The first-order valence-corrected chi connectivity index (χ1v) is 6.76. The van der Waals surface area contributed by atoms with E-state index in [1.54, 1.807) is 6.33 Å². The van der Waals surface area contributed by atoms with Gasteiger partial charge in [-0.25, -0.2) is 9.67 Å². The maximum Gasteiger partial charge on any atom is 0.141 e. The van der Waals surface area contributed by atoms with Crippen LogP contribution in [0.1, 0.15) is 46.5 Å². The lowest BCUT2D eigenvalue weighted by Crippen LogP contribution is -2.60. The van der Waals surface area contributed by atoms with Gasteiger partial charge in [0, 0.05) is 30.7 Å². The van der Waals surface area contributed by atoms with Crippen LogP contribution in [0.5, 0.6) is 0 Å². The third-order valence-corrected chi connectivity index (χ3v) is 3.58. The van der Waals surface area contributed by atoms with E-state index >= 15 is 0 Å². The lowest BCUT2D eigenvalue weighted by molar-refractivity contribution is 0.0932. The highest BCUT2D eigenvalue weighted by Crippen LogP contribution is 2.18. The van der Waals surface area contributed by atoms with E-state index < -0.39 is 0 Å². The minimum atomic E-state index is 0.176. The van der Waals surface area contributed by atoms with Gasteiger partial charge in [0.25, 0.3) is 0 Å². The van der Waals surface area contributed by atoms with Crippen molar-refractivity contribution in [2.45, 2.75) is 58.8 Å². The molecule has 1 aromatic heterocycles. The highest BCUT2D eigenvalue weighted by molar-refractivity contribution is 4.94. The number of nitrogens with zero attached hydrogens (tertiary/aromatic N) is 4. The molecular formula is C13H25N5. The first-order chi connectivity index (χ1) is 8.39. The second kappa shape index (κ2) is 4.97. The Morgan fingerprint density at radius 3 is 2.89 bits per heavy atom. The number of hydrogen-bond acceptors (Lipinski definition) is 4. The van der Waals surface area contributed by atoms with Crippen LogP contribution < -0.4 is 5.32 Å². The Morgan fingerprint density at radius 1 is 1.50 bits per heavy atom. The molecule has 1 fully saturated rings. The first-order valence-electron chi connectivity index (χ1n) is 6.76. The van der Waals surface area contributed by atoms with Crippen molar-refractivity contribution in [3.63, 3.8) is 0 Å². The topological polar surface area (TPSA) is 46.0 Å². The van der Waals surface area contributed by atoms with E-state index in [4.69, 9.17) is 0 Å². The Hall–Kier alpha value is -0.940. The van der Waals surface area contributed by atoms with Gasteiger partial charge in [0.15, 0.2) is 0 Å². The van der Waals surface area contributed by atoms with Gasteiger partial charge in [0.1, 0.15) is 12.2 Å². The van der Waals surface area contributed by atoms with Crippen molar-refractivity contribution in [3.8, 4) is 0 Å². The maximum atomic E-state index is 4.40. The fraction of sp³-hybridized carbons (Fsp3) is 0.846. The molecular weight excluding hydrogens is 226 g/mol. The molecule has 1 N–H and O–H groups in total. The average molecular weight is 251 g/mol. The highest BCUT2D eigenvalue weighted by atomic mass is 15.4. The number of nitrogens with one attached hydrogen (secondary N) is 1. The van der Waals surface area contributed by atoms with Crippen LogP contribution in [0, 0.1) is 0 Å². The van der Waals surface area contributed by atoms with Crippen molar-refractivity contribution in [2.75, 3.05) is 13.1 Å². The van der Waals surface area contributed by atoms with Crippen molar-refractivity contribution in [1.82, 2.24) is 25.0 Å². The average Bonchev–Trinajstić information content (AvgIpc) is 2.71. The molecule has 1 atom stereocenters. The van der Waals surface area contributed by atoms with Crippen molar-refractivity contribution < 1.29 is 0 Å². The largest absolute Gasteiger partial charge is 0.309 e. The van der Waals surface area contributed by atoms with Crippen LogP contribution in [0.4, 0.5) is 0 Å². The molecule has 1 aliphatic rings. The van der Waals surface area contributed by atoms with Crippen LogP contribution in [0.15, 0.2) is 6.33 Å². The zero-order chi connectivity index (χ0) is 13.3. The summed E-state index contributed by atoms with van der Waals surface area (Å²) in [6, 6.07) is 0.907. The summed E-state index contributed by atoms with van der Waals surface area (Å²) in [5.74, 6) is 1.06. The fourth-order valence-electron chi connectivity index (χ4n) is 2.48. The second-order valence-corrected chi connectivity index (χ2v) is 6.23. The van der Waals surface area contributed by atoms with Crippen molar-refractivity contribution in [3.05, 3.63) is 12.2 Å². The standard InChI is InChI=1S/C13H25N5/c1-10(2)18-12(14-9-16-18)7-17-8-13(4,5)15-6-11(17)3/h9-11,15H,6-8H2,1-5H3. The van der Waals surface area contributed by atoms with Gasteiger partial charge in [-0.2, -0.15) is 5.10 Å². The predicted octanol–water partition coefficient (Wildman–Crippen LogP) is 1.43. The third-order valence-electron chi connectivity index (χ3n) is 3.58. The molecule has 5 nitrogen and oxygen atoms in total. The normalized spacial score (nSPS) is 24.7. The van der Waals surface area contributed by atoms with Gasteiger partial charge in [-0.05, 0) is 34.6 Å². The molecule has 0 bridgehead atoms. The predicted molar refractivity (Wildman–Crippen MR) is 72.4 cm³/mol. The summed E-state index contributed by atoms with van der Waals surface area (Å²) < 4.78 is 2.02. The van der Waals surface area contributed by atoms with Gasteiger partial charge in [-0.15, -0.1) is 0 Å². The molecule has 1 saturated heterocycles. The molecule has 5 heteroatoms. The first kappa shape index (κ1) is 13.5. The van der Waals surface area contributed by atoms with E-state index in [0.717, 1.165) is 25.5 Å². The van der Waals surface area contributed by atoms with Gasteiger partial charge < -0.3 is 5.32 Å². The van der Waals surface area contributed by atoms with Crippen molar-refractivity contribution in [2.24, 2.45) is 0 Å². The number of rotatable bonds is 3. The van der Waals surface area contributed by atoms with Gasteiger partial charge in [0.05, 0.1) is 6.54 Å². The minimum Gasteiger partial charge on any atom is -0.309 e. The second-order valence-electron chi connectivity index (χ2n) is 6.23. The smallest absolute Gasteiger partial charge is 0.141 e. The zero-order valence-corrected chi connectivity index (χ0v) is 12.1. The third kappa shape index (κ3) is 2.90. The monoisotopic (exact) mass is 251 g/mol. The molecule has 0 aliphatic carbocycles. The zero-order valence-electron chi connectivity index (χ0n) is 12.1. The minimum absolute atomic E-state index is 0.176. The lowest BCUT2D eigenvalue weighted by Gasteiger charge is -2.43. The van der Waals surface area contributed by atoms with E-state index in [0.29, 0.717) is 12.1 Å². The summed E-state index contributed by atoms with van der Waals surface area (Å²) in [6.07, 6.45) is 1.66. The lowest BCUT2D eigenvalue weighted by atomic mass is 9.99. The van der Waals surface area contributed by atoms with Crippen LogP contribution in [0.25, 0.3) is 0 Å². The highest BCUT2D eigenvalue weighted by Gasteiger charge is 2.30. The van der Waals surface area contributed by atoms with Crippen LogP contribution in [0.3, 0.4) is 0 Å². The van der Waals surface area contributed by atoms with E-state index in [9.17, 15) is 0 Å². The van der Waals surface area contributed by atoms with E-state index in [1.165, 1.54) is 0 Å². The van der Waals surface area contributed by atoms with Gasteiger partial charge in [-0.1, -0.05) is 0 Å². The molecule has 2 heterocycles. The van der Waals surface area contributed by atoms with Gasteiger partial charge >= 0.3 is 0 Å². The molecule has 0 aromatic carbocycles. The molecule has 1 aromatic rings. The quantitative estimate of drug-likeness (QED) is 0.883. The summed E-state index contributed by atoms with van der Waals surface area (Å²) in [5.41, 5.74) is 0.176. The Kier molecular flexibility index (Phi) is 3.73. The molecule has 0 amide bonds. The van der Waals surface area contributed by atoms with E-state index in [2.05, 4.69) is 54.9 Å². The molecule has 0 spiro atoms. The molecule has 102 valence electrons. The molecule has 0 saturated carbocycles. The number of piperazine rings is 1. The molecule has 1 aliphatic heterocycles. The molecule has 1 unspecified atom stereocenters. The summed E-state index contributed by atoms with van der Waals surface area (Å²) in [6.45, 7) is 14.0. The molecule has 0 radical (unpaired) electrons. The van der Waals surface area contributed by atoms with Crippen LogP contribution in [-0.2, 0) is 6.54 Å². The SMILES string of the molecule is CC1CNC(C)(C)CN1Cc1ncnn1C(C)C. The fourth-order valence-corrected chi connectivity index (χ4v) is 2.48. The summed E-state index contributed by atoms with van der Waals surface area (Å²) in [4.78, 5) is 6.89. The van der Waals surface area contributed by atoms with E-state index in [-0.39, 0.29) is 5.54 Å². The Bertz CT molecular complexity index is 396. The van der Waals surface area contributed by atoms with Crippen LogP contribution in [-0.4, -0.2) is 44.3 Å². The summed E-state index contributed by atoms with van der Waals surface area (Å²) in [7, 11) is 0. The van der Waals surface area contributed by atoms with Crippen molar-refractivity contribution >= 4 is 0 Å². The Morgan fingerprint density at radius 2 is 2.22 bits per heavy atom. The Balaban J connectivity index is 2.10. The van der Waals surface area contributed by atoms with E-state index in [1.807, 2.05) is 4.68 Å². The van der Waals surface area contributed by atoms with Crippen LogP contribution >= 0.6 is 0 Å².